The second-order valence-electron chi connectivity index (χ2n) is 4.36. The third kappa shape index (κ3) is 1.52. The van der Waals surface area contributed by atoms with Crippen LogP contribution >= 0.6 is 0 Å². The normalized spacial score (nSPS) is 29.3. The minimum atomic E-state index is -0.550. The molecule has 0 unspecified atom stereocenters. The second kappa shape index (κ2) is 3.66. The highest BCUT2D eigenvalue weighted by Crippen LogP contribution is 2.49. The summed E-state index contributed by atoms with van der Waals surface area (Å²) in [6.45, 7) is 2.12. The molecule has 1 saturated carbocycles. The molecule has 78 valence electrons. The van der Waals surface area contributed by atoms with Gasteiger partial charge in [0, 0.05) is 5.56 Å². The highest BCUT2D eigenvalue weighted by Gasteiger charge is 2.46. The van der Waals surface area contributed by atoms with E-state index in [4.69, 9.17) is 0 Å². The van der Waals surface area contributed by atoms with Gasteiger partial charge in [-0.25, -0.2) is 4.39 Å². The summed E-state index contributed by atoms with van der Waals surface area (Å²) in [5.41, 5.74) is 0.0312. The Labute approximate surface area is 89.5 Å². The van der Waals surface area contributed by atoms with Gasteiger partial charge in [-0.05, 0) is 24.8 Å². The Hall–Kier alpha value is -1.36. The van der Waals surface area contributed by atoms with Crippen molar-refractivity contribution >= 4 is 0 Å². The van der Waals surface area contributed by atoms with E-state index < -0.39 is 5.41 Å². The van der Waals surface area contributed by atoms with Crippen molar-refractivity contribution in [2.45, 2.75) is 31.6 Å². The van der Waals surface area contributed by atoms with Gasteiger partial charge < -0.3 is 0 Å². The number of hydrogen-bond donors (Lipinski definition) is 0. The predicted molar refractivity (Wildman–Crippen MR) is 56.7 cm³/mol. The van der Waals surface area contributed by atoms with Crippen molar-refractivity contribution in [2.75, 3.05) is 0 Å². The zero-order chi connectivity index (χ0) is 10.9. The van der Waals surface area contributed by atoms with Crippen molar-refractivity contribution in [3.63, 3.8) is 0 Å². The monoisotopic (exact) mass is 203 g/mol. The van der Waals surface area contributed by atoms with Gasteiger partial charge in [-0.1, -0.05) is 31.5 Å². The summed E-state index contributed by atoms with van der Waals surface area (Å²) < 4.78 is 13.6. The SMILES string of the molecule is CCC1CC(C#N)(c2ccccc2F)C1. The van der Waals surface area contributed by atoms with E-state index in [1.54, 1.807) is 18.2 Å². The molecule has 0 heterocycles. The van der Waals surface area contributed by atoms with E-state index >= 15 is 0 Å². The lowest BCUT2D eigenvalue weighted by Crippen LogP contribution is -2.40. The molecule has 0 saturated heterocycles. The van der Waals surface area contributed by atoms with Crippen LogP contribution < -0.4 is 0 Å². The molecule has 2 heteroatoms. The fraction of sp³-hybridized carbons (Fsp3) is 0.462. The second-order valence-corrected chi connectivity index (χ2v) is 4.36. The van der Waals surface area contributed by atoms with Crippen LogP contribution in [-0.2, 0) is 5.41 Å². The van der Waals surface area contributed by atoms with Crippen molar-refractivity contribution in [2.24, 2.45) is 5.92 Å². The first-order valence-corrected chi connectivity index (χ1v) is 5.38. The van der Waals surface area contributed by atoms with E-state index in [1.165, 1.54) is 6.07 Å². The number of nitriles is 1. The zero-order valence-electron chi connectivity index (χ0n) is 8.83. The van der Waals surface area contributed by atoms with Crippen molar-refractivity contribution in [3.8, 4) is 6.07 Å². The van der Waals surface area contributed by atoms with Gasteiger partial charge in [0.25, 0.3) is 0 Å². The molecule has 1 aromatic rings. The lowest BCUT2D eigenvalue weighted by Gasteiger charge is -2.42. The standard InChI is InChI=1S/C13H14FN/c1-2-10-7-13(8-10,9-15)11-5-3-4-6-12(11)14/h3-6,10H,2,7-8H2,1H3. The van der Waals surface area contributed by atoms with Crippen LogP contribution in [0.1, 0.15) is 31.7 Å². The van der Waals surface area contributed by atoms with Crippen LogP contribution in [0.4, 0.5) is 4.39 Å². The topological polar surface area (TPSA) is 23.8 Å². The fourth-order valence-corrected chi connectivity index (χ4v) is 2.44. The number of halogens is 1. The van der Waals surface area contributed by atoms with Crippen LogP contribution in [-0.4, -0.2) is 0 Å². The maximum absolute atomic E-state index is 13.6. The smallest absolute Gasteiger partial charge is 0.128 e. The number of benzene rings is 1. The van der Waals surface area contributed by atoms with Gasteiger partial charge >= 0.3 is 0 Å². The number of nitrogens with zero attached hydrogens (tertiary/aromatic N) is 1. The molecule has 15 heavy (non-hydrogen) atoms. The summed E-state index contributed by atoms with van der Waals surface area (Å²) in [7, 11) is 0. The average Bonchev–Trinajstić information content (AvgIpc) is 2.20. The van der Waals surface area contributed by atoms with Gasteiger partial charge in [-0.15, -0.1) is 0 Å². The van der Waals surface area contributed by atoms with E-state index in [1.807, 2.05) is 0 Å². The summed E-state index contributed by atoms with van der Waals surface area (Å²) in [5.74, 6) is 0.345. The maximum Gasteiger partial charge on any atom is 0.128 e. The highest BCUT2D eigenvalue weighted by molar-refractivity contribution is 5.36. The van der Waals surface area contributed by atoms with Crippen LogP contribution in [0.2, 0.25) is 0 Å². The van der Waals surface area contributed by atoms with E-state index in [9.17, 15) is 9.65 Å². The lowest BCUT2D eigenvalue weighted by molar-refractivity contribution is 0.187. The summed E-state index contributed by atoms with van der Waals surface area (Å²) in [6.07, 6.45) is 2.69. The fourth-order valence-electron chi connectivity index (χ4n) is 2.44. The Bertz CT molecular complexity index is 399. The predicted octanol–water partition coefficient (Wildman–Crippen LogP) is 3.41. The third-order valence-electron chi connectivity index (χ3n) is 3.46. The largest absolute Gasteiger partial charge is 0.207 e. The first-order valence-electron chi connectivity index (χ1n) is 5.38. The molecule has 0 bridgehead atoms. The van der Waals surface area contributed by atoms with Crippen molar-refractivity contribution < 1.29 is 4.39 Å². The van der Waals surface area contributed by atoms with Gasteiger partial charge in [-0.3, -0.25) is 0 Å². The van der Waals surface area contributed by atoms with Gasteiger partial charge in [0.2, 0.25) is 0 Å². The van der Waals surface area contributed by atoms with Gasteiger partial charge in [-0.2, -0.15) is 5.26 Å². The van der Waals surface area contributed by atoms with Crippen LogP contribution in [0.15, 0.2) is 24.3 Å². The molecule has 2 rings (SSSR count). The van der Waals surface area contributed by atoms with Crippen LogP contribution in [0.25, 0.3) is 0 Å². The quantitative estimate of drug-likeness (QED) is 0.722. The molecule has 1 aliphatic rings. The molecule has 0 amide bonds. The molecular formula is C13H14FN. The number of hydrogen-bond acceptors (Lipinski definition) is 1. The van der Waals surface area contributed by atoms with Gasteiger partial charge in [0.15, 0.2) is 0 Å². The van der Waals surface area contributed by atoms with Crippen molar-refractivity contribution in [1.29, 1.82) is 5.26 Å². The molecule has 0 atom stereocenters. The molecule has 1 aliphatic carbocycles. The van der Waals surface area contributed by atoms with Crippen LogP contribution in [0, 0.1) is 23.1 Å². The maximum atomic E-state index is 13.6. The van der Waals surface area contributed by atoms with E-state index in [0.717, 1.165) is 19.3 Å². The van der Waals surface area contributed by atoms with Gasteiger partial charge in [0.05, 0.1) is 11.5 Å². The van der Waals surface area contributed by atoms with Crippen LogP contribution in [0.3, 0.4) is 0 Å². The lowest BCUT2D eigenvalue weighted by atomic mass is 9.58. The van der Waals surface area contributed by atoms with Crippen LogP contribution in [0.5, 0.6) is 0 Å². The Morgan fingerprint density at radius 3 is 2.67 bits per heavy atom. The molecule has 1 aromatic carbocycles. The van der Waals surface area contributed by atoms with Gasteiger partial charge in [0.1, 0.15) is 5.82 Å². The molecule has 1 fully saturated rings. The minimum absolute atomic E-state index is 0.242. The molecule has 0 aliphatic heterocycles. The van der Waals surface area contributed by atoms with E-state index in [0.29, 0.717) is 11.5 Å². The molecule has 0 aromatic heterocycles. The molecule has 1 nitrogen and oxygen atoms in total. The Morgan fingerprint density at radius 1 is 1.47 bits per heavy atom. The Kier molecular flexibility index (Phi) is 2.48. The summed E-state index contributed by atoms with van der Waals surface area (Å²) in [4.78, 5) is 0. The van der Waals surface area contributed by atoms with E-state index in [2.05, 4.69) is 13.0 Å². The van der Waals surface area contributed by atoms with E-state index in [-0.39, 0.29) is 5.82 Å². The first-order chi connectivity index (χ1) is 7.22. The summed E-state index contributed by atoms with van der Waals surface area (Å²) in [6, 6.07) is 8.94. The summed E-state index contributed by atoms with van der Waals surface area (Å²) >= 11 is 0. The zero-order valence-corrected chi connectivity index (χ0v) is 8.83. The third-order valence-corrected chi connectivity index (χ3v) is 3.46. The molecule has 0 N–H and O–H groups in total. The Morgan fingerprint density at radius 2 is 2.13 bits per heavy atom. The molecule has 0 spiro atoms. The number of rotatable bonds is 2. The molecular weight excluding hydrogens is 189 g/mol. The highest BCUT2D eigenvalue weighted by atomic mass is 19.1. The van der Waals surface area contributed by atoms with Crippen molar-refractivity contribution in [3.05, 3.63) is 35.6 Å². The average molecular weight is 203 g/mol. The minimum Gasteiger partial charge on any atom is -0.207 e. The van der Waals surface area contributed by atoms with Crippen molar-refractivity contribution in [1.82, 2.24) is 0 Å². The first kappa shape index (κ1) is 10.2. The Balaban J connectivity index is 2.31. The molecule has 0 radical (unpaired) electrons. The summed E-state index contributed by atoms with van der Waals surface area (Å²) in [5, 5.41) is 9.21.